The fraction of sp³-hybridized carbons (Fsp3) is 0.488. The number of hydrogen-bond acceptors (Lipinski definition) is 10. The van der Waals surface area contributed by atoms with Gasteiger partial charge in [0.15, 0.2) is 5.13 Å². The second-order valence-electron chi connectivity index (χ2n) is 16.1. The lowest BCUT2D eigenvalue weighted by molar-refractivity contribution is -0.140. The maximum Gasteiger partial charge on any atom is 0.416 e. The van der Waals surface area contributed by atoms with Crippen molar-refractivity contribution in [2.75, 3.05) is 11.9 Å². The van der Waals surface area contributed by atoms with Gasteiger partial charge in [-0.05, 0) is 74.3 Å². The molecular weight excluding hydrogens is 810 g/mol. The SMILES string of the molecule is Cc1cccc2c1CN(C(=O)OC1C[C@H]3C(=O)N[C@]4(C(=O)NS(=O)(=O)C5CC5)CC4/C=C\CCCCC[C@H](Nc4nc(-c5ccc(C(F)(F)F)cc5)cs4)C(=O)N3C1)C2. The van der Waals surface area contributed by atoms with E-state index in [1.165, 1.54) is 28.4 Å². The van der Waals surface area contributed by atoms with Crippen LogP contribution in [0.1, 0.15) is 80.0 Å². The molecule has 3 aliphatic heterocycles. The van der Waals surface area contributed by atoms with Crippen LogP contribution in [0, 0.1) is 12.8 Å². The van der Waals surface area contributed by atoms with Gasteiger partial charge in [-0.3, -0.25) is 24.0 Å². The van der Waals surface area contributed by atoms with Gasteiger partial charge in [0, 0.05) is 36.4 Å². The van der Waals surface area contributed by atoms with Crippen molar-refractivity contribution in [1.82, 2.24) is 24.8 Å². The number of nitrogens with zero attached hydrogens (tertiary/aromatic N) is 3. The summed E-state index contributed by atoms with van der Waals surface area (Å²) < 4.78 is 73.5. The molecule has 5 atom stereocenters. The summed E-state index contributed by atoms with van der Waals surface area (Å²) in [6.07, 6.45) is 1.96. The van der Waals surface area contributed by atoms with E-state index in [9.17, 15) is 40.8 Å². The fourth-order valence-corrected chi connectivity index (χ4v) is 10.4. The Morgan fingerprint density at radius 3 is 2.54 bits per heavy atom. The lowest BCUT2D eigenvalue weighted by Gasteiger charge is -2.29. The van der Waals surface area contributed by atoms with Crippen molar-refractivity contribution in [2.45, 2.75) is 113 Å². The van der Waals surface area contributed by atoms with E-state index in [-0.39, 0.29) is 19.4 Å². The van der Waals surface area contributed by atoms with Gasteiger partial charge in [-0.15, -0.1) is 11.3 Å². The topological polar surface area (TPSA) is 167 Å². The van der Waals surface area contributed by atoms with Crippen LogP contribution in [0.25, 0.3) is 11.3 Å². The van der Waals surface area contributed by atoms with Crippen molar-refractivity contribution in [3.8, 4) is 11.3 Å². The van der Waals surface area contributed by atoms with Gasteiger partial charge in [0.25, 0.3) is 5.91 Å². The molecule has 1 aromatic heterocycles. The zero-order valence-electron chi connectivity index (χ0n) is 32.3. The van der Waals surface area contributed by atoms with Crippen LogP contribution in [0.3, 0.4) is 0 Å². The van der Waals surface area contributed by atoms with Gasteiger partial charge in [0.05, 0.1) is 23.1 Å². The number of nitrogens with one attached hydrogen (secondary N) is 3. The van der Waals surface area contributed by atoms with Crippen LogP contribution < -0.4 is 15.4 Å². The second-order valence-corrected chi connectivity index (χ2v) is 19.0. The van der Waals surface area contributed by atoms with Crippen molar-refractivity contribution in [3.63, 3.8) is 0 Å². The maximum atomic E-state index is 14.7. The second kappa shape index (κ2) is 15.9. The van der Waals surface area contributed by atoms with Crippen LogP contribution in [-0.4, -0.2) is 82.5 Å². The third kappa shape index (κ3) is 8.69. The summed E-state index contributed by atoms with van der Waals surface area (Å²) in [6.45, 7) is 2.55. The maximum absolute atomic E-state index is 14.7. The summed E-state index contributed by atoms with van der Waals surface area (Å²) in [5, 5.41) is 7.43. The van der Waals surface area contributed by atoms with Gasteiger partial charge < -0.3 is 20.3 Å². The minimum Gasteiger partial charge on any atom is -0.444 e. The Labute approximate surface area is 343 Å². The van der Waals surface area contributed by atoms with E-state index < -0.39 is 80.5 Å². The number of amides is 4. The summed E-state index contributed by atoms with van der Waals surface area (Å²) in [5.74, 6) is -2.44. The number of rotatable bonds is 7. The molecule has 3 fully saturated rings. The van der Waals surface area contributed by atoms with Gasteiger partial charge in [-0.25, -0.2) is 18.2 Å². The van der Waals surface area contributed by atoms with Crippen molar-refractivity contribution >= 4 is 50.3 Å². The van der Waals surface area contributed by atoms with Gasteiger partial charge in [-0.2, -0.15) is 13.2 Å². The molecule has 5 aliphatic rings. The molecule has 314 valence electrons. The molecule has 0 spiro atoms. The molecule has 59 heavy (non-hydrogen) atoms. The van der Waals surface area contributed by atoms with E-state index in [4.69, 9.17) is 4.74 Å². The highest BCUT2D eigenvalue weighted by atomic mass is 32.2. The molecule has 4 amide bonds. The standard InChI is InChI=1S/C41H45F3N6O7S2/c1-24-8-7-9-26-20-49(22-31(24)26)39(54)57-29-18-34-35(51)47-40(37(53)48-59(55,56)30-16-17-30)19-28(40)10-5-3-2-4-6-11-32(36(52)50(34)21-29)45-38-46-33(23-58-38)25-12-14-27(15-13-25)41(42,43)44/h5,7-10,12-15,23,28-30,32,34H,2-4,6,11,16-22H2,1H3,(H,45,46)(H,47,51)(H,48,53)/b10-5-/t28?,29?,32-,34-,40+/m0/s1. The zero-order valence-corrected chi connectivity index (χ0v) is 33.9. The molecule has 2 aromatic carbocycles. The number of benzene rings is 2. The third-order valence-electron chi connectivity index (χ3n) is 11.9. The van der Waals surface area contributed by atoms with Gasteiger partial charge in [-0.1, -0.05) is 55.3 Å². The number of ether oxygens (including phenoxy) is 1. The van der Waals surface area contributed by atoms with E-state index in [0.717, 1.165) is 41.7 Å². The molecule has 8 rings (SSSR count). The molecule has 18 heteroatoms. The molecule has 13 nitrogen and oxygen atoms in total. The largest absolute Gasteiger partial charge is 0.444 e. The molecule has 0 radical (unpaired) electrons. The average molecular weight is 855 g/mol. The monoisotopic (exact) mass is 854 g/mol. The number of aryl methyl sites for hydroxylation is 1. The summed E-state index contributed by atoms with van der Waals surface area (Å²) >= 11 is 1.18. The van der Waals surface area contributed by atoms with E-state index in [0.29, 0.717) is 61.6 Å². The Kier molecular flexibility index (Phi) is 11.0. The molecular formula is C41H45F3N6O7S2. The third-order valence-corrected chi connectivity index (χ3v) is 14.5. The summed E-state index contributed by atoms with van der Waals surface area (Å²) in [7, 11) is -3.93. The van der Waals surface area contributed by atoms with Crippen LogP contribution in [0.2, 0.25) is 0 Å². The highest BCUT2D eigenvalue weighted by Crippen LogP contribution is 2.46. The van der Waals surface area contributed by atoms with Gasteiger partial charge >= 0.3 is 12.3 Å². The Bertz CT molecular complexity index is 2280. The first-order valence-electron chi connectivity index (χ1n) is 19.9. The quantitative estimate of drug-likeness (QED) is 0.240. The number of anilines is 1. The number of halogens is 3. The summed E-state index contributed by atoms with van der Waals surface area (Å²) in [6, 6.07) is 8.41. The molecule has 2 saturated carbocycles. The molecule has 1 saturated heterocycles. The highest BCUT2D eigenvalue weighted by molar-refractivity contribution is 7.91. The highest BCUT2D eigenvalue weighted by Gasteiger charge is 2.62. The first-order valence-corrected chi connectivity index (χ1v) is 22.3. The van der Waals surface area contributed by atoms with Crippen molar-refractivity contribution in [2.24, 2.45) is 5.92 Å². The number of sulfonamides is 1. The Morgan fingerprint density at radius 1 is 1.03 bits per heavy atom. The Hall–Kier alpha value is -4.97. The van der Waals surface area contributed by atoms with Gasteiger partial charge in [0.1, 0.15) is 23.7 Å². The fourth-order valence-electron chi connectivity index (χ4n) is 8.24. The number of fused-ring (bicyclic) bond motifs is 3. The first kappa shape index (κ1) is 40.8. The van der Waals surface area contributed by atoms with Crippen molar-refractivity contribution in [3.05, 3.63) is 82.3 Å². The molecule has 3 N–H and O–H groups in total. The number of aromatic nitrogens is 1. The van der Waals surface area contributed by atoms with E-state index >= 15 is 0 Å². The van der Waals surface area contributed by atoms with Gasteiger partial charge in [0.2, 0.25) is 21.8 Å². The number of carbonyl (C=O) groups excluding carboxylic acids is 4. The zero-order chi connectivity index (χ0) is 41.7. The van der Waals surface area contributed by atoms with Crippen molar-refractivity contribution in [1.29, 1.82) is 0 Å². The van der Waals surface area contributed by atoms with Crippen LogP contribution in [0.4, 0.5) is 23.1 Å². The smallest absolute Gasteiger partial charge is 0.416 e. The lowest BCUT2D eigenvalue weighted by atomic mass is 10.1. The van der Waals surface area contributed by atoms with Crippen molar-refractivity contribution < 1.29 is 45.5 Å². The minimum absolute atomic E-state index is 0.0657. The normalized spacial score (nSPS) is 26.7. The number of alkyl halides is 3. The molecule has 2 aliphatic carbocycles. The molecule has 3 aromatic rings. The average Bonchev–Trinajstić information content (AvgIpc) is 3.99. The Morgan fingerprint density at radius 2 is 1.81 bits per heavy atom. The number of thiazole rings is 1. The molecule has 0 bridgehead atoms. The van der Waals surface area contributed by atoms with Crippen LogP contribution in [-0.2, 0) is 48.4 Å². The van der Waals surface area contributed by atoms with E-state index in [1.807, 2.05) is 37.3 Å². The van der Waals surface area contributed by atoms with E-state index in [2.05, 4.69) is 20.3 Å². The number of hydrogen-bond donors (Lipinski definition) is 3. The molecule has 4 heterocycles. The summed E-state index contributed by atoms with van der Waals surface area (Å²) in [5.41, 5.74) is 1.64. The van der Waals surface area contributed by atoms with Crippen LogP contribution >= 0.6 is 11.3 Å². The predicted octanol–water partition coefficient (Wildman–Crippen LogP) is 6.04. The molecule has 2 unspecified atom stereocenters. The first-order chi connectivity index (χ1) is 28.1. The predicted molar refractivity (Wildman–Crippen MR) is 212 cm³/mol. The van der Waals surface area contributed by atoms with E-state index in [1.54, 1.807) is 10.3 Å². The van der Waals surface area contributed by atoms with Crippen LogP contribution in [0.15, 0.2) is 60.0 Å². The minimum atomic E-state index is -4.49. The number of carbonyl (C=O) groups is 4. The lowest BCUT2D eigenvalue weighted by Crippen LogP contribution is -2.57. The summed E-state index contributed by atoms with van der Waals surface area (Å²) in [4.78, 5) is 64.0. The number of allylic oxidation sites excluding steroid dienone is 1. The van der Waals surface area contributed by atoms with Crippen LogP contribution in [0.5, 0.6) is 0 Å². The Balaban J connectivity index is 1.05.